The van der Waals surface area contributed by atoms with E-state index in [2.05, 4.69) is 208 Å². The molecule has 0 saturated carbocycles. The van der Waals surface area contributed by atoms with Crippen LogP contribution >= 0.6 is 0 Å². The van der Waals surface area contributed by atoms with Crippen molar-refractivity contribution in [1.82, 2.24) is 0 Å². The van der Waals surface area contributed by atoms with Gasteiger partial charge in [-0.2, -0.15) is 0 Å². The Hall–Kier alpha value is -6.64. The summed E-state index contributed by atoms with van der Waals surface area (Å²) in [5, 5.41) is 7.57. The van der Waals surface area contributed by atoms with Crippen molar-refractivity contribution in [2.24, 2.45) is 0 Å². The van der Waals surface area contributed by atoms with Crippen molar-refractivity contribution in [3.05, 3.63) is 181 Å². The fourth-order valence-electron chi connectivity index (χ4n) is 9.81. The van der Waals surface area contributed by atoms with Crippen LogP contribution in [0.2, 0.25) is 0 Å². The molecule has 0 bridgehead atoms. The van der Waals surface area contributed by atoms with E-state index in [9.17, 15) is 0 Å². The van der Waals surface area contributed by atoms with Crippen molar-refractivity contribution in [1.29, 1.82) is 0 Å². The minimum atomic E-state index is -0.0926. The van der Waals surface area contributed by atoms with E-state index in [0.717, 1.165) is 0 Å². The molecule has 2 aliphatic rings. The van der Waals surface area contributed by atoms with Crippen molar-refractivity contribution in [2.75, 3.05) is 23.9 Å². The molecule has 0 atom stereocenters. The number of anilines is 4. The molecule has 1 heterocycles. The van der Waals surface area contributed by atoms with Crippen LogP contribution in [0.15, 0.2) is 170 Å². The predicted octanol–water partition coefficient (Wildman–Crippen LogP) is 14.3. The highest BCUT2D eigenvalue weighted by Crippen LogP contribution is 2.55. The molecular formula is C53H40N2. The summed E-state index contributed by atoms with van der Waals surface area (Å²) >= 11 is 0. The Kier molecular flexibility index (Phi) is 6.76. The van der Waals surface area contributed by atoms with E-state index < -0.39 is 0 Å². The summed E-state index contributed by atoms with van der Waals surface area (Å²) in [7, 11) is 4.37. The van der Waals surface area contributed by atoms with Crippen LogP contribution in [-0.4, -0.2) is 14.1 Å². The fourth-order valence-corrected chi connectivity index (χ4v) is 9.81. The lowest BCUT2D eigenvalue weighted by Gasteiger charge is -2.36. The average Bonchev–Trinajstić information content (AvgIpc) is 3.47. The lowest BCUT2D eigenvalue weighted by Crippen LogP contribution is -2.24. The summed E-state index contributed by atoms with van der Waals surface area (Å²) in [6.07, 6.45) is 0. The molecule has 262 valence electrons. The van der Waals surface area contributed by atoms with Crippen LogP contribution < -0.4 is 9.80 Å². The van der Waals surface area contributed by atoms with E-state index in [1.807, 2.05) is 0 Å². The van der Waals surface area contributed by atoms with E-state index in [4.69, 9.17) is 0 Å². The third-order valence-electron chi connectivity index (χ3n) is 12.6. The highest BCUT2D eigenvalue weighted by atomic mass is 15.2. The Morgan fingerprint density at radius 2 is 0.909 bits per heavy atom. The summed E-state index contributed by atoms with van der Waals surface area (Å²) in [5.41, 5.74) is 17.7. The minimum absolute atomic E-state index is 0.0926. The fraction of sp³-hybridized carbons (Fsp3) is 0.0943. The standard InChI is InChI=1S/C53H40N2/c1-53(2)44-20-10-9-18-41(44)52-42(19-13-21-45(52)53)51-39-17-8-7-16-38(39)50(37-27-29-48-49(32-37)55(4)47-23-12-11-22-46(47)54(48)3)40-28-26-36(31-43(40)51)35-25-24-33-14-5-6-15-34(33)30-35/h5-32H,1-4H3. The number of rotatable bonds is 3. The third-order valence-corrected chi connectivity index (χ3v) is 12.6. The van der Waals surface area contributed by atoms with Gasteiger partial charge >= 0.3 is 0 Å². The average molecular weight is 705 g/mol. The number of para-hydroxylation sites is 2. The van der Waals surface area contributed by atoms with Gasteiger partial charge in [0.15, 0.2) is 0 Å². The molecule has 0 fully saturated rings. The topological polar surface area (TPSA) is 6.48 Å². The summed E-state index contributed by atoms with van der Waals surface area (Å²) in [5.74, 6) is 0. The number of nitrogens with zero attached hydrogens (tertiary/aromatic N) is 2. The zero-order chi connectivity index (χ0) is 37.0. The van der Waals surface area contributed by atoms with E-state index in [0.29, 0.717) is 0 Å². The van der Waals surface area contributed by atoms with E-state index in [-0.39, 0.29) is 5.41 Å². The molecule has 0 spiro atoms. The van der Waals surface area contributed by atoms with Crippen molar-refractivity contribution >= 4 is 55.1 Å². The summed E-state index contributed by atoms with van der Waals surface area (Å²) in [4.78, 5) is 4.66. The van der Waals surface area contributed by atoms with Gasteiger partial charge in [-0.05, 0) is 124 Å². The van der Waals surface area contributed by atoms with Gasteiger partial charge in [0.2, 0.25) is 0 Å². The van der Waals surface area contributed by atoms with E-state index >= 15 is 0 Å². The first-order valence-corrected chi connectivity index (χ1v) is 19.3. The maximum atomic E-state index is 2.46. The zero-order valence-electron chi connectivity index (χ0n) is 31.6. The lowest BCUT2D eigenvalue weighted by molar-refractivity contribution is 0.660. The van der Waals surface area contributed by atoms with Gasteiger partial charge in [0.1, 0.15) is 0 Å². The van der Waals surface area contributed by atoms with E-state index in [1.54, 1.807) is 0 Å². The summed E-state index contributed by atoms with van der Waals surface area (Å²) in [6, 6.07) is 63.5. The molecule has 9 aromatic rings. The Bertz CT molecular complexity index is 3060. The quantitative estimate of drug-likeness (QED) is 0.169. The second kappa shape index (κ2) is 11.7. The Morgan fingerprint density at radius 1 is 0.345 bits per heavy atom. The van der Waals surface area contributed by atoms with Crippen molar-refractivity contribution in [3.63, 3.8) is 0 Å². The SMILES string of the molecule is CN1c2ccccc2N(C)c2cc(-c3c4ccccc4c(-c4cccc5c4-c4ccccc4C5(C)C)c4cc(-c5ccc6ccccc6c5)ccc34)ccc21. The number of benzene rings is 9. The van der Waals surface area contributed by atoms with Gasteiger partial charge < -0.3 is 9.80 Å². The molecule has 55 heavy (non-hydrogen) atoms. The van der Waals surface area contributed by atoms with Crippen LogP contribution in [-0.2, 0) is 5.41 Å². The zero-order valence-corrected chi connectivity index (χ0v) is 31.6. The second-order valence-electron chi connectivity index (χ2n) is 15.8. The molecule has 2 nitrogen and oxygen atoms in total. The number of hydrogen-bond donors (Lipinski definition) is 0. The van der Waals surface area contributed by atoms with Gasteiger partial charge in [0.05, 0.1) is 22.7 Å². The minimum Gasteiger partial charge on any atom is -0.341 e. The van der Waals surface area contributed by atoms with Crippen LogP contribution in [0.3, 0.4) is 0 Å². The molecule has 1 aliphatic heterocycles. The van der Waals surface area contributed by atoms with Gasteiger partial charge in [-0.15, -0.1) is 0 Å². The summed E-state index contributed by atoms with van der Waals surface area (Å²) in [6.45, 7) is 4.75. The molecular weight excluding hydrogens is 665 g/mol. The first-order chi connectivity index (χ1) is 26.9. The Balaban J connectivity index is 1.23. The van der Waals surface area contributed by atoms with Crippen LogP contribution in [0, 0.1) is 0 Å². The monoisotopic (exact) mass is 704 g/mol. The van der Waals surface area contributed by atoms with Gasteiger partial charge in [-0.25, -0.2) is 0 Å². The number of hydrogen-bond acceptors (Lipinski definition) is 2. The van der Waals surface area contributed by atoms with Gasteiger partial charge in [0, 0.05) is 19.5 Å². The molecule has 9 aromatic carbocycles. The summed E-state index contributed by atoms with van der Waals surface area (Å²) < 4.78 is 0. The Labute approximate surface area is 322 Å². The maximum Gasteiger partial charge on any atom is 0.0656 e. The first-order valence-electron chi connectivity index (χ1n) is 19.3. The molecule has 0 radical (unpaired) electrons. The molecule has 0 saturated heterocycles. The second-order valence-corrected chi connectivity index (χ2v) is 15.8. The van der Waals surface area contributed by atoms with Crippen LogP contribution in [0.5, 0.6) is 0 Å². The Morgan fingerprint density at radius 3 is 1.73 bits per heavy atom. The smallest absolute Gasteiger partial charge is 0.0656 e. The molecule has 0 amide bonds. The van der Waals surface area contributed by atoms with Crippen LogP contribution in [0.4, 0.5) is 22.7 Å². The molecule has 2 heteroatoms. The van der Waals surface area contributed by atoms with Crippen LogP contribution in [0.25, 0.3) is 76.8 Å². The maximum absolute atomic E-state index is 2.46. The number of fused-ring (bicyclic) bond motifs is 8. The van der Waals surface area contributed by atoms with Gasteiger partial charge in [0.25, 0.3) is 0 Å². The molecule has 0 aromatic heterocycles. The molecule has 1 aliphatic carbocycles. The highest BCUT2D eigenvalue weighted by Gasteiger charge is 2.37. The van der Waals surface area contributed by atoms with Crippen molar-refractivity contribution < 1.29 is 0 Å². The first kappa shape index (κ1) is 31.8. The van der Waals surface area contributed by atoms with E-state index in [1.165, 1.54) is 111 Å². The van der Waals surface area contributed by atoms with Crippen LogP contribution in [0.1, 0.15) is 25.0 Å². The van der Waals surface area contributed by atoms with Gasteiger partial charge in [-0.1, -0.05) is 147 Å². The third kappa shape index (κ3) is 4.55. The molecule has 0 unspecified atom stereocenters. The van der Waals surface area contributed by atoms with Gasteiger partial charge in [-0.3, -0.25) is 0 Å². The largest absolute Gasteiger partial charge is 0.341 e. The van der Waals surface area contributed by atoms with Crippen molar-refractivity contribution in [3.8, 4) is 44.5 Å². The highest BCUT2D eigenvalue weighted by molar-refractivity contribution is 6.23. The van der Waals surface area contributed by atoms with Crippen molar-refractivity contribution in [2.45, 2.75) is 19.3 Å². The normalized spacial score (nSPS) is 13.9. The predicted molar refractivity (Wildman–Crippen MR) is 235 cm³/mol. The molecule has 11 rings (SSSR count). The lowest BCUT2D eigenvalue weighted by atomic mass is 9.80. The molecule has 0 N–H and O–H groups in total.